The third-order valence-electron chi connectivity index (χ3n) is 4.12. The number of aromatic nitrogens is 2. The number of benzene rings is 1. The molecule has 0 aliphatic carbocycles. The molecule has 0 unspecified atom stereocenters. The van der Waals surface area contributed by atoms with Crippen LogP contribution in [-0.4, -0.2) is 52.0 Å². The maximum atomic E-state index is 12.9. The number of H-pyrrole nitrogens is 1. The van der Waals surface area contributed by atoms with Crippen molar-refractivity contribution in [1.82, 2.24) is 19.9 Å². The number of alkyl halides is 2. The molecule has 1 aliphatic heterocycles. The average Bonchev–Trinajstić information content (AvgIpc) is 2.99. The van der Waals surface area contributed by atoms with Gasteiger partial charge in [-0.15, -0.1) is 0 Å². The number of carbonyl (C=O) groups is 1. The smallest absolute Gasteiger partial charge is 0.336 e. The summed E-state index contributed by atoms with van der Waals surface area (Å²) >= 11 is 0. The van der Waals surface area contributed by atoms with Gasteiger partial charge in [-0.3, -0.25) is 19.2 Å². The molecule has 1 saturated heterocycles. The molecule has 1 amide bonds. The molecule has 0 spiro atoms. The van der Waals surface area contributed by atoms with E-state index in [0.29, 0.717) is 44.1 Å². The van der Waals surface area contributed by atoms with E-state index in [0.717, 1.165) is 0 Å². The van der Waals surface area contributed by atoms with Crippen LogP contribution in [0.2, 0.25) is 0 Å². The van der Waals surface area contributed by atoms with Crippen LogP contribution in [0.4, 0.5) is 8.78 Å². The summed E-state index contributed by atoms with van der Waals surface area (Å²) in [6, 6.07) is 4.27. The van der Waals surface area contributed by atoms with Crippen LogP contribution < -0.4 is 5.76 Å². The summed E-state index contributed by atoms with van der Waals surface area (Å²) in [5.41, 5.74) is 0.774. The van der Waals surface area contributed by atoms with Gasteiger partial charge >= 0.3 is 5.76 Å². The predicted molar refractivity (Wildman–Crippen MR) is 84.4 cm³/mol. The van der Waals surface area contributed by atoms with E-state index in [9.17, 15) is 18.4 Å². The number of aromatic amines is 1. The molecule has 1 aliphatic rings. The maximum absolute atomic E-state index is 12.9. The molecule has 7 nitrogen and oxygen atoms in total. The number of hydrogen-bond acceptors (Lipinski definition) is 5. The van der Waals surface area contributed by atoms with E-state index in [1.807, 2.05) is 4.90 Å². The fourth-order valence-electron chi connectivity index (χ4n) is 2.89. The largest absolute Gasteiger partial charge is 0.438 e. The SMILES string of the molecule is Cc1cc(C(=O)N2CCN(Cc3noc(=O)[nH]3)CC2)cc(C(F)F)c1. The molecule has 2 heterocycles. The number of aryl methyl sites for hydroxylation is 1. The number of rotatable bonds is 4. The van der Waals surface area contributed by atoms with Gasteiger partial charge in [0, 0.05) is 37.3 Å². The van der Waals surface area contributed by atoms with Crippen molar-refractivity contribution in [2.45, 2.75) is 19.9 Å². The second kappa shape index (κ2) is 7.14. The van der Waals surface area contributed by atoms with E-state index >= 15 is 0 Å². The molecule has 25 heavy (non-hydrogen) atoms. The van der Waals surface area contributed by atoms with Crippen molar-refractivity contribution in [3.8, 4) is 0 Å². The third kappa shape index (κ3) is 4.11. The second-order valence-corrected chi connectivity index (χ2v) is 6.04. The lowest BCUT2D eigenvalue weighted by Gasteiger charge is -2.34. The minimum absolute atomic E-state index is 0.142. The van der Waals surface area contributed by atoms with Crippen LogP contribution in [0.5, 0.6) is 0 Å². The molecule has 0 radical (unpaired) electrons. The summed E-state index contributed by atoms with van der Waals surface area (Å²) in [5, 5.41) is 3.61. The van der Waals surface area contributed by atoms with E-state index in [4.69, 9.17) is 0 Å². The second-order valence-electron chi connectivity index (χ2n) is 6.04. The number of nitrogens with one attached hydrogen (secondary N) is 1. The minimum atomic E-state index is -2.60. The monoisotopic (exact) mass is 352 g/mol. The number of piperazine rings is 1. The Hall–Kier alpha value is -2.55. The Bertz CT molecular complexity index is 810. The Balaban J connectivity index is 1.62. The topological polar surface area (TPSA) is 82.4 Å². The van der Waals surface area contributed by atoms with Crippen LogP contribution in [0.3, 0.4) is 0 Å². The molecule has 9 heteroatoms. The van der Waals surface area contributed by atoms with E-state index in [2.05, 4.69) is 14.7 Å². The molecule has 1 N–H and O–H groups in total. The Labute approximate surface area is 142 Å². The molecular formula is C16H18F2N4O3. The normalized spacial score (nSPS) is 15.8. The number of amides is 1. The van der Waals surface area contributed by atoms with Gasteiger partial charge in [-0.25, -0.2) is 13.6 Å². The fourth-order valence-corrected chi connectivity index (χ4v) is 2.89. The zero-order valence-electron chi connectivity index (χ0n) is 13.7. The molecule has 0 bridgehead atoms. The maximum Gasteiger partial charge on any atom is 0.438 e. The lowest BCUT2D eigenvalue weighted by molar-refractivity contribution is 0.0624. The Morgan fingerprint density at radius 2 is 2.00 bits per heavy atom. The highest BCUT2D eigenvalue weighted by Crippen LogP contribution is 2.22. The van der Waals surface area contributed by atoms with Crippen molar-refractivity contribution in [3.05, 3.63) is 51.3 Å². The first kappa shape index (κ1) is 17.3. The minimum Gasteiger partial charge on any atom is -0.336 e. The van der Waals surface area contributed by atoms with Crippen LogP contribution in [-0.2, 0) is 6.54 Å². The number of nitrogens with zero attached hydrogens (tertiary/aromatic N) is 3. The molecule has 0 atom stereocenters. The highest BCUT2D eigenvalue weighted by molar-refractivity contribution is 5.94. The number of hydrogen-bond donors (Lipinski definition) is 1. The highest BCUT2D eigenvalue weighted by atomic mass is 19.3. The summed E-state index contributed by atoms with van der Waals surface area (Å²) in [6.07, 6.45) is -2.60. The highest BCUT2D eigenvalue weighted by Gasteiger charge is 2.24. The van der Waals surface area contributed by atoms with Gasteiger partial charge in [-0.05, 0) is 24.6 Å². The van der Waals surface area contributed by atoms with Crippen LogP contribution in [0.1, 0.15) is 33.7 Å². The van der Waals surface area contributed by atoms with E-state index in [1.54, 1.807) is 17.9 Å². The van der Waals surface area contributed by atoms with Crippen LogP contribution in [0.25, 0.3) is 0 Å². The quantitative estimate of drug-likeness (QED) is 0.903. The van der Waals surface area contributed by atoms with Gasteiger partial charge in [-0.2, -0.15) is 0 Å². The molecule has 1 aromatic carbocycles. The van der Waals surface area contributed by atoms with Gasteiger partial charge < -0.3 is 4.90 Å². The Morgan fingerprint density at radius 3 is 2.60 bits per heavy atom. The summed E-state index contributed by atoms with van der Waals surface area (Å²) < 4.78 is 30.3. The lowest BCUT2D eigenvalue weighted by Crippen LogP contribution is -2.48. The zero-order valence-corrected chi connectivity index (χ0v) is 13.7. The predicted octanol–water partition coefficient (Wildman–Crippen LogP) is 1.57. The van der Waals surface area contributed by atoms with Crippen molar-refractivity contribution in [2.24, 2.45) is 0 Å². The van der Waals surface area contributed by atoms with E-state index in [-0.39, 0.29) is 17.0 Å². The van der Waals surface area contributed by atoms with Gasteiger partial charge in [0.2, 0.25) is 0 Å². The van der Waals surface area contributed by atoms with Crippen molar-refractivity contribution in [2.75, 3.05) is 26.2 Å². The summed E-state index contributed by atoms with van der Waals surface area (Å²) in [4.78, 5) is 29.7. The molecule has 1 aromatic heterocycles. The third-order valence-corrected chi connectivity index (χ3v) is 4.12. The first-order valence-corrected chi connectivity index (χ1v) is 7.88. The van der Waals surface area contributed by atoms with Gasteiger partial charge in [0.25, 0.3) is 12.3 Å². The fraction of sp³-hybridized carbons (Fsp3) is 0.438. The number of carbonyl (C=O) groups excluding carboxylic acids is 1. The first-order valence-electron chi connectivity index (χ1n) is 7.88. The standard InChI is InChI=1S/C16H18F2N4O3/c1-10-6-11(14(17)18)8-12(7-10)15(23)22-4-2-21(3-5-22)9-13-19-16(24)25-20-13/h6-8,14H,2-5,9H2,1H3,(H,19,20,24). The van der Waals surface area contributed by atoms with Crippen molar-refractivity contribution >= 4 is 5.91 Å². The molecular weight excluding hydrogens is 334 g/mol. The molecule has 0 saturated carbocycles. The van der Waals surface area contributed by atoms with Gasteiger partial charge in [0.1, 0.15) is 0 Å². The molecule has 134 valence electrons. The molecule has 2 aromatic rings. The van der Waals surface area contributed by atoms with Gasteiger partial charge in [-0.1, -0.05) is 11.2 Å². The number of halogens is 2. The average molecular weight is 352 g/mol. The van der Waals surface area contributed by atoms with Crippen molar-refractivity contribution < 1.29 is 18.1 Å². The van der Waals surface area contributed by atoms with Crippen molar-refractivity contribution in [3.63, 3.8) is 0 Å². The zero-order chi connectivity index (χ0) is 18.0. The first-order chi connectivity index (χ1) is 11.9. The summed E-state index contributed by atoms with van der Waals surface area (Å²) in [7, 11) is 0. The van der Waals surface area contributed by atoms with E-state index in [1.165, 1.54) is 12.1 Å². The van der Waals surface area contributed by atoms with Crippen LogP contribution >= 0.6 is 0 Å². The summed E-state index contributed by atoms with van der Waals surface area (Å²) in [6.45, 7) is 4.24. The Kier molecular flexibility index (Phi) is 4.93. The van der Waals surface area contributed by atoms with E-state index < -0.39 is 12.2 Å². The lowest BCUT2D eigenvalue weighted by atomic mass is 10.1. The summed E-state index contributed by atoms with van der Waals surface area (Å²) in [5.74, 6) is -0.414. The Morgan fingerprint density at radius 1 is 1.28 bits per heavy atom. The molecule has 1 fully saturated rings. The van der Waals surface area contributed by atoms with Gasteiger partial charge in [0.15, 0.2) is 5.82 Å². The van der Waals surface area contributed by atoms with Crippen LogP contribution in [0.15, 0.2) is 27.5 Å². The van der Waals surface area contributed by atoms with Crippen LogP contribution in [0, 0.1) is 6.92 Å². The molecule has 3 rings (SSSR count). The van der Waals surface area contributed by atoms with Crippen molar-refractivity contribution in [1.29, 1.82) is 0 Å². The van der Waals surface area contributed by atoms with Gasteiger partial charge in [0.05, 0.1) is 6.54 Å².